The summed E-state index contributed by atoms with van der Waals surface area (Å²) >= 11 is 0. The SMILES string of the molecule is C1=Cc2cc(-c3nc(-c4ccccc4)nc(-c4ccccc4-c4ccc5c(c4)C4(c6ccccc6O5)c5ccccc5-c5c(-c6ccc(-c7cccc(-c8nc(-c9cccc(-c%10ccccc%10)c9)nc(-c9ccccc9-c9ccc%10c(c9)C9(c%11ccccc%11O%10)c%10ccccc%10-c%10ccccc%109)n8)c7)cc6)cccc54)n3)cc3cccc(c23)C1. The van der Waals surface area contributed by atoms with E-state index in [0.717, 1.165) is 141 Å². The lowest BCUT2D eigenvalue weighted by Gasteiger charge is -2.39. The number of rotatable bonds is 11. The fourth-order valence-corrected chi connectivity index (χ4v) is 19.8. The van der Waals surface area contributed by atoms with Crippen molar-refractivity contribution < 1.29 is 9.47 Å². The summed E-state index contributed by atoms with van der Waals surface area (Å²) < 4.78 is 14.0. The molecule has 119 heavy (non-hydrogen) atoms. The summed E-state index contributed by atoms with van der Waals surface area (Å²) in [6.45, 7) is 0. The highest BCUT2D eigenvalue weighted by molar-refractivity contribution is 6.00. The summed E-state index contributed by atoms with van der Waals surface area (Å²) in [5.74, 6) is 6.79. The van der Waals surface area contributed by atoms with E-state index in [9.17, 15) is 0 Å². The molecule has 5 aliphatic rings. The smallest absolute Gasteiger partial charge is 0.164 e. The first-order valence-electron chi connectivity index (χ1n) is 40.6. The minimum Gasteiger partial charge on any atom is -0.457 e. The van der Waals surface area contributed by atoms with Gasteiger partial charge in [-0.2, -0.15) is 0 Å². The normalized spacial score (nSPS) is 14.2. The molecule has 3 aliphatic carbocycles. The van der Waals surface area contributed by atoms with Gasteiger partial charge in [0.2, 0.25) is 0 Å². The summed E-state index contributed by atoms with van der Waals surface area (Å²) in [7, 11) is 0. The molecule has 1 unspecified atom stereocenters. The van der Waals surface area contributed by atoms with Crippen LogP contribution < -0.4 is 9.47 Å². The second-order valence-electron chi connectivity index (χ2n) is 31.3. The molecule has 24 rings (SSSR count). The van der Waals surface area contributed by atoms with Crippen molar-refractivity contribution in [3.8, 4) is 169 Å². The monoisotopic (exact) mass is 1520 g/mol. The molecule has 8 heteroatoms. The average molecular weight is 1520 g/mol. The predicted molar refractivity (Wildman–Crippen MR) is 478 cm³/mol. The lowest BCUT2D eigenvalue weighted by Crippen LogP contribution is -2.32. The standard InChI is InChI=1S/C111H68N6O2/c1-3-26-68(27-4-1)73-32-23-36-79(62-73)105-113-106(116-109(115-105)88-43-10-8-38-82(88)75-58-60-100-96(66-75)110(93-49-17-19-52-98(93)118-100)90-46-14-11-40-85(90)86-41-12-15-47-91(86)110)80-37-24-33-74(63-80)69-54-56-70(57-55-69)84-45-25-51-95-103(84)89-44-13-16-48-92(89)111(95)94-50-18-20-53-99(94)119-101-61-59-76(67-97(101)111)83-39-7-9-42-87(83)108-114-104(72-28-5-2-6-29-72)112-107(117-108)81-64-77-34-21-30-71-31-22-35-78(65-81)102(71)77/h1-30,32-67H,31H2. The van der Waals surface area contributed by atoms with Crippen molar-refractivity contribution in [2.75, 3.05) is 0 Å². The van der Waals surface area contributed by atoms with Crippen molar-refractivity contribution in [1.82, 2.24) is 29.9 Å². The van der Waals surface area contributed by atoms with Gasteiger partial charge in [0, 0.05) is 55.6 Å². The first-order chi connectivity index (χ1) is 58.9. The molecule has 0 radical (unpaired) electrons. The number of fused-ring (bicyclic) bond motifs is 18. The quantitative estimate of drug-likeness (QED) is 0.126. The summed E-state index contributed by atoms with van der Waals surface area (Å²) in [5, 5.41) is 2.45. The van der Waals surface area contributed by atoms with Crippen LogP contribution in [0.5, 0.6) is 23.0 Å². The van der Waals surface area contributed by atoms with E-state index in [-0.39, 0.29) is 0 Å². The maximum absolute atomic E-state index is 7.09. The molecule has 2 aromatic heterocycles. The van der Waals surface area contributed by atoms with Crippen molar-refractivity contribution in [3.05, 3.63) is 450 Å². The minimum atomic E-state index is -0.784. The van der Waals surface area contributed by atoms with Crippen molar-refractivity contribution in [3.63, 3.8) is 0 Å². The third kappa shape index (κ3) is 10.6. The molecule has 0 amide bonds. The number of nitrogens with zero attached hydrogens (tertiary/aromatic N) is 6. The maximum Gasteiger partial charge on any atom is 0.164 e. The average Bonchev–Trinajstić information content (AvgIpc) is 1.53. The topological polar surface area (TPSA) is 95.8 Å². The first kappa shape index (κ1) is 67.8. The number of para-hydroxylation sites is 2. The first-order valence-corrected chi connectivity index (χ1v) is 40.6. The van der Waals surface area contributed by atoms with Crippen LogP contribution >= 0.6 is 0 Å². The van der Waals surface area contributed by atoms with Gasteiger partial charge < -0.3 is 9.47 Å². The molecule has 0 saturated carbocycles. The van der Waals surface area contributed by atoms with Gasteiger partial charge in [-0.1, -0.05) is 340 Å². The molecular formula is C111H68N6O2. The van der Waals surface area contributed by atoms with E-state index in [1.807, 2.05) is 24.3 Å². The Morgan fingerprint density at radius 2 is 0.588 bits per heavy atom. The van der Waals surface area contributed by atoms with Gasteiger partial charge in [0.15, 0.2) is 34.9 Å². The lowest BCUT2D eigenvalue weighted by atomic mass is 9.65. The summed E-state index contributed by atoms with van der Waals surface area (Å²) in [6.07, 6.45) is 5.38. The van der Waals surface area contributed by atoms with Crippen LogP contribution in [-0.4, -0.2) is 29.9 Å². The van der Waals surface area contributed by atoms with Gasteiger partial charge in [0.25, 0.3) is 0 Å². The third-order valence-electron chi connectivity index (χ3n) is 24.9. The lowest BCUT2D eigenvalue weighted by molar-refractivity contribution is 0.436. The summed E-state index contributed by atoms with van der Waals surface area (Å²) in [5.41, 5.74) is 30.9. The fraction of sp³-hybridized carbons (Fsp3) is 0.0270. The second kappa shape index (κ2) is 27.0. The highest BCUT2D eigenvalue weighted by atomic mass is 16.5. The Balaban J connectivity index is 0.607. The van der Waals surface area contributed by atoms with E-state index in [0.29, 0.717) is 34.9 Å². The van der Waals surface area contributed by atoms with E-state index in [2.05, 4.69) is 376 Å². The van der Waals surface area contributed by atoms with E-state index in [4.69, 9.17) is 39.4 Å². The Morgan fingerprint density at radius 1 is 0.210 bits per heavy atom. The molecule has 0 N–H and O–H groups in total. The van der Waals surface area contributed by atoms with Crippen LogP contribution in [0.15, 0.2) is 394 Å². The van der Waals surface area contributed by atoms with Crippen molar-refractivity contribution in [2.45, 2.75) is 17.3 Å². The molecule has 0 bridgehead atoms. The third-order valence-corrected chi connectivity index (χ3v) is 24.9. The van der Waals surface area contributed by atoms with Gasteiger partial charge in [0.1, 0.15) is 23.0 Å². The van der Waals surface area contributed by atoms with E-state index < -0.39 is 10.8 Å². The molecule has 2 aliphatic heterocycles. The molecule has 4 heterocycles. The zero-order valence-corrected chi connectivity index (χ0v) is 64.3. The summed E-state index contributed by atoms with van der Waals surface area (Å²) in [6, 6.07) is 139. The molecule has 8 nitrogen and oxygen atoms in total. The Labute approximate surface area is 688 Å². The summed E-state index contributed by atoms with van der Waals surface area (Å²) in [4.78, 5) is 32.5. The zero-order chi connectivity index (χ0) is 78.3. The van der Waals surface area contributed by atoms with Crippen LogP contribution in [0.4, 0.5) is 0 Å². The Kier molecular flexibility index (Phi) is 15.4. The van der Waals surface area contributed by atoms with E-state index in [1.165, 1.54) is 66.4 Å². The number of aromatic nitrogens is 6. The van der Waals surface area contributed by atoms with Gasteiger partial charge in [0.05, 0.1) is 10.8 Å². The zero-order valence-electron chi connectivity index (χ0n) is 64.3. The molecule has 0 fully saturated rings. The number of allylic oxidation sites excluding steroid dienone is 1. The van der Waals surface area contributed by atoms with Gasteiger partial charge >= 0.3 is 0 Å². The van der Waals surface area contributed by atoms with Crippen LogP contribution in [0.3, 0.4) is 0 Å². The predicted octanol–water partition coefficient (Wildman–Crippen LogP) is 27.1. The Bertz CT molecular complexity index is 7430. The Hall–Kier alpha value is -15.6. The second-order valence-corrected chi connectivity index (χ2v) is 31.3. The van der Waals surface area contributed by atoms with Gasteiger partial charge in [-0.25, -0.2) is 29.9 Å². The van der Waals surface area contributed by atoms with Crippen LogP contribution in [0.1, 0.15) is 55.6 Å². The van der Waals surface area contributed by atoms with Crippen molar-refractivity contribution >= 4 is 16.8 Å². The van der Waals surface area contributed by atoms with E-state index in [1.54, 1.807) is 0 Å². The molecule has 1 atom stereocenters. The van der Waals surface area contributed by atoms with Crippen molar-refractivity contribution in [1.29, 1.82) is 0 Å². The number of hydrogen-bond acceptors (Lipinski definition) is 8. The number of ether oxygens (including phenoxy) is 2. The molecule has 2 spiro atoms. The maximum atomic E-state index is 7.09. The largest absolute Gasteiger partial charge is 0.457 e. The van der Waals surface area contributed by atoms with Gasteiger partial charge in [-0.05, 0) is 189 Å². The van der Waals surface area contributed by atoms with E-state index >= 15 is 0 Å². The number of benzene rings is 17. The van der Waals surface area contributed by atoms with Gasteiger partial charge in [-0.15, -0.1) is 0 Å². The molecule has 554 valence electrons. The molecule has 19 aromatic rings. The Morgan fingerprint density at radius 3 is 1.16 bits per heavy atom. The molecule has 17 aromatic carbocycles. The van der Waals surface area contributed by atoms with Crippen LogP contribution in [0.2, 0.25) is 0 Å². The van der Waals surface area contributed by atoms with Crippen LogP contribution in [0, 0.1) is 0 Å². The van der Waals surface area contributed by atoms with Crippen molar-refractivity contribution in [2.24, 2.45) is 0 Å². The molecular weight excluding hydrogens is 1450 g/mol. The molecule has 0 saturated heterocycles. The van der Waals surface area contributed by atoms with Crippen LogP contribution in [0.25, 0.3) is 163 Å². The highest BCUT2D eigenvalue weighted by Gasteiger charge is 2.53. The van der Waals surface area contributed by atoms with Crippen LogP contribution in [-0.2, 0) is 17.3 Å². The fourth-order valence-electron chi connectivity index (χ4n) is 19.8. The minimum absolute atomic E-state index is 0.559. The number of hydrogen-bond donors (Lipinski definition) is 0. The highest BCUT2D eigenvalue weighted by Crippen LogP contribution is 2.66. The van der Waals surface area contributed by atoms with Gasteiger partial charge in [-0.3, -0.25) is 0 Å².